The molecule has 1 fully saturated rings. The molecule has 0 unspecified atom stereocenters. The number of carbonyl (C=O) groups excluding carboxylic acids is 1. The Balaban J connectivity index is 1.30. The van der Waals surface area contributed by atoms with Gasteiger partial charge in [-0.1, -0.05) is 11.3 Å². The average molecular weight is 518 g/mol. The van der Waals surface area contributed by atoms with Crippen LogP contribution in [0.3, 0.4) is 0 Å². The SMILES string of the molecule is COc1ccc(C#N)c(CNC(=O)c2cn(Cc3cn4cc(C5CC5)cc(CCC(=O)O)c4n3)nn2)c1F. The number of carboxylic acid groups (broad SMARTS) is 1. The second-order valence-electron chi connectivity index (χ2n) is 9.13. The molecule has 0 atom stereocenters. The summed E-state index contributed by atoms with van der Waals surface area (Å²) in [6, 6.07) is 6.74. The fourth-order valence-electron chi connectivity index (χ4n) is 4.33. The number of hydrogen-bond donors (Lipinski definition) is 2. The number of methoxy groups -OCH3 is 1. The van der Waals surface area contributed by atoms with E-state index in [9.17, 15) is 19.2 Å². The predicted molar refractivity (Wildman–Crippen MR) is 131 cm³/mol. The van der Waals surface area contributed by atoms with Crippen LogP contribution in [0, 0.1) is 17.1 Å². The van der Waals surface area contributed by atoms with Crippen molar-refractivity contribution in [2.24, 2.45) is 0 Å². The number of hydrogen-bond acceptors (Lipinski definition) is 7. The number of nitriles is 1. The summed E-state index contributed by atoms with van der Waals surface area (Å²) in [6.07, 6.45) is 7.99. The van der Waals surface area contributed by atoms with Gasteiger partial charge in [0.1, 0.15) is 5.65 Å². The zero-order chi connectivity index (χ0) is 26.8. The Morgan fingerprint density at radius 2 is 2.11 bits per heavy atom. The molecule has 4 aromatic rings. The third kappa shape index (κ3) is 5.17. The lowest BCUT2D eigenvalue weighted by atomic mass is 10.1. The Morgan fingerprint density at radius 1 is 1.29 bits per heavy atom. The van der Waals surface area contributed by atoms with Gasteiger partial charge in [-0.3, -0.25) is 9.59 Å². The number of nitrogens with one attached hydrogen (secondary N) is 1. The third-order valence-electron chi connectivity index (χ3n) is 6.42. The third-order valence-corrected chi connectivity index (χ3v) is 6.42. The molecule has 0 saturated heterocycles. The van der Waals surface area contributed by atoms with Gasteiger partial charge >= 0.3 is 5.97 Å². The number of aryl methyl sites for hydroxylation is 1. The van der Waals surface area contributed by atoms with Crippen molar-refractivity contribution in [1.82, 2.24) is 29.7 Å². The van der Waals surface area contributed by atoms with E-state index in [0.29, 0.717) is 23.7 Å². The minimum Gasteiger partial charge on any atom is -0.494 e. The Morgan fingerprint density at radius 3 is 2.82 bits per heavy atom. The van der Waals surface area contributed by atoms with Crippen LogP contribution in [0.25, 0.3) is 5.65 Å². The number of rotatable bonds is 10. The van der Waals surface area contributed by atoms with Crippen LogP contribution in [-0.2, 0) is 24.3 Å². The number of aliphatic carboxylic acids is 1. The first-order chi connectivity index (χ1) is 18.4. The number of fused-ring (bicyclic) bond motifs is 1. The summed E-state index contributed by atoms with van der Waals surface area (Å²) in [5.41, 5.74) is 3.54. The molecule has 1 aliphatic carbocycles. The molecule has 0 spiro atoms. The summed E-state index contributed by atoms with van der Waals surface area (Å²) in [5.74, 6) is -1.68. The number of nitrogens with zero attached hydrogens (tertiary/aromatic N) is 6. The van der Waals surface area contributed by atoms with Crippen molar-refractivity contribution in [2.45, 2.75) is 44.7 Å². The Kier molecular flexibility index (Phi) is 6.74. The first kappa shape index (κ1) is 24.9. The zero-order valence-corrected chi connectivity index (χ0v) is 20.5. The van der Waals surface area contributed by atoms with Crippen LogP contribution >= 0.6 is 0 Å². The Bertz CT molecular complexity index is 1580. The van der Waals surface area contributed by atoms with Crippen molar-refractivity contribution in [3.05, 3.63) is 76.2 Å². The number of ether oxygens (including phenoxy) is 1. The minimum absolute atomic E-state index is 0.0153. The van der Waals surface area contributed by atoms with Crippen molar-refractivity contribution >= 4 is 17.5 Å². The van der Waals surface area contributed by atoms with E-state index in [1.165, 1.54) is 35.7 Å². The van der Waals surface area contributed by atoms with E-state index >= 15 is 0 Å². The normalized spacial score (nSPS) is 12.9. The molecular formula is C26H24FN7O4. The maximum atomic E-state index is 14.6. The van der Waals surface area contributed by atoms with Crippen LogP contribution in [0.5, 0.6) is 5.75 Å². The monoisotopic (exact) mass is 517 g/mol. The lowest BCUT2D eigenvalue weighted by Gasteiger charge is -2.10. The molecule has 194 valence electrons. The van der Waals surface area contributed by atoms with E-state index in [1.54, 1.807) is 0 Å². The molecule has 3 aromatic heterocycles. The summed E-state index contributed by atoms with van der Waals surface area (Å²) in [4.78, 5) is 28.4. The van der Waals surface area contributed by atoms with Gasteiger partial charge in [-0.15, -0.1) is 5.10 Å². The summed E-state index contributed by atoms with van der Waals surface area (Å²) in [7, 11) is 1.32. The quantitative estimate of drug-likeness (QED) is 0.326. The van der Waals surface area contributed by atoms with Crippen molar-refractivity contribution < 1.29 is 23.8 Å². The van der Waals surface area contributed by atoms with Gasteiger partial charge < -0.3 is 19.6 Å². The molecule has 1 amide bonds. The van der Waals surface area contributed by atoms with Crippen molar-refractivity contribution in [3.8, 4) is 11.8 Å². The first-order valence-electron chi connectivity index (χ1n) is 12.0. The molecule has 0 radical (unpaired) electrons. The molecule has 5 rings (SSSR count). The highest BCUT2D eigenvalue weighted by Crippen LogP contribution is 2.40. The van der Waals surface area contributed by atoms with Gasteiger partial charge in [0.05, 0.1) is 37.2 Å². The summed E-state index contributed by atoms with van der Waals surface area (Å²) >= 11 is 0. The fraction of sp³-hybridized carbons (Fsp3) is 0.308. The van der Waals surface area contributed by atoms with Crippen LogP contribution < -0.4 is 10.1 Å². The van der Waals surface area contributed by atoms with Crippen LogP contribution in [0.4, 0.5) is 4.39 Å². The second-order valence-corrected chi connectivity index (χ2v) is 9.13. The van der Waals surface area contributed by atoms with Gasteiger partial charge in [0.15, 0.2) is 17.3 Å². The smallest absolute Gasteiger partial charge is 0.303 e. The predicted octanol–water partition coefficient (Wildman–Crippen LogP) is 2.82. The second kappa shape index (κ2) is 10.3. The van der Waals surface area contributed by atoms with Crippen LogP contribution in [-0.4, -0.2) is 48.5 Å². The summed E-state index contributed by atoms with van der Waals surface area (Å²) in [5, 5.41) is 28.9. The first-order valence-corrected chi connectivity index (χ1v) is 12.0. The standard InChI is InChI=1S/C26H24FN7O4/c1-38-22-6-4-17(9-28)20(24(22)27)10-29-26(37)21-14-34(32-31-21)13-19-12-33-11-18(15-2-3-15)8-16(25(33)30-19)5-7-23(35)36/h4,6,8,11-12,14-15H,2-3,5,7,10,13H2,1H3,(H,29,37)(H,35,36). The van der Waals surface area contributed by atoms with E-state index in [1.807, 2.05) is 28.9 Å². The molecule has 2 N–H and O–H groups in total. The van der Waals surface area contributed by atoms with Crippen LogP contribution in [0.15, 0.2) is 36.8 Å². The number of aromatic nitrogens is 5. The van der Waals surface area contributed by atoms with Crippen LogP contribution in [0.2, 0.25) is 0 Å². The Hall–Kier alpha value is -4.79. The molecule has 1 saturated carbocycles. The molecule has 12 heteroatoms. The van der Waals surface area contributed by atoms with Gasteiger partial charge in [-0.25, -0.2) is 14.1 Å². The summed E-state index contributed by atoms with van der Waals surface area (Å²) < 4.78 is 22.9. The largest absolute Gasteiger partial charge is 0.494 e. The van der Waals surface area contributed by atoms with Crippen molar-refractivity contribution in [2.75, 3.05) is 7.11 Å². The fourth-order valence-corrected chi connectivity index (χ4v) is 4.33. The number of carbonyl (C=O) groups is 2. The number of amides is 1. The molecule has 3 heterocycles. The highest BCUT2D eigenvalue weighted by Gasteiger charge is 2.25. The molecule has 0 bridgehead atoms. The number of halogens is 1. The topological polar surface area (TPSA) is 147 Å². The van der Waals surface area contributed by atoms with Crippen molar-refractivity contribution in [1.29, 1.82) is 5.26 Å². The van der Waals surface area contributed by atoms with Gasteiger partial charge in [-0.05, 0) is 48.4 Å². The van der Waals surface area contributed by atoms with Crippen LogP contribution in [0.1, 0.15) is 63.6 Å². The number of imidazole rings is 1. The van der Waals surface area contributed by atoms with Gasteiger partial charge in [0.2, 0.25) is 0 Å². The van der Waals surface area contributed by atoms with Crippen molar-refractivity contribution in [3.63, 3.8) is 0 Å². The summed E-state index contributed by atoms with van der Waals surface area (Å²) in [6.45, 7) is 0.00862. The lowest BCUT2D eigenvalue weighted by Crippen LogP contribution is -2.24. The lowest BCUT2D eigenvalue weighted by molar-refractivity contribution is -0.136. The Labute approximate surface area is 216 Å². The van der Waals surface area contributed by atoms with E-state index in [4.69, 9.17) is 9.84 Å². The number of carboxylic acids is 1. The minimum atomic E-state index is -0.863. The van der Waals surface area contributed by atoms with Gasteiger partial charge in [0.25, 0.3) is 5.91 Å². The van der Waals surface area contributed by atoms with E-state index in [-0.39, 0.29) is 42.1 Å². The van der Waals surface area contributed by atoms with E-state index < -0.39 is 17.7 Å². The number of benzene rings is 1. The molecular weight excluding hydrogens is 493 g/mol. The highest BCUT2D eigenvalue weighted by molar-refractivity contribution is 5.91. The van der Waals surface area contributed by atoms with E-state index in [0.717, 1.165) is 18.4 Å². The molecule has 38 heavy (non-hydrogen) atoms. The van der Waals surface area contributed by atoms with Gasteiger partial charge in [0, 0.05) is 30.9 Å². The molecule has 0 aliphatic heterocycles. The highest BCUT2D eigenvalue weighted by atomic mass is 19.1. The molecule has 1 aromatic carbocycles. The maximum absolute atomic E-state index is 14.6. The molecule has 1 aliphatic rings. The zero-order valence-electron chi connectivity index (χ0n) is 20.5. The molecule has 11 nitrogen and oxygen atoms in total. The van der Waals surface area contributed by atoms with E-state index in [2.05, 4.69) is 20.6 Å². The maximum Gasteiger partial charge on any atom is 0.303 e. The average Bonchev–Trinajstić information content (AvgIpc) is 3.52. The number of pyridine rings is 1. The van der Waals surface area contributed by atoms with Gasteiger partial charge in [-0.2, -0.15) is 5.26 Å².